The zero-order valence-electron chi connectivity index (χ0n) is 19.2. The molecule has 2 aromatic rings. The smallest absolute Gasteiger partial charge is 0.244 e. The number of fused-ring (bicyclic) bond motifs is 1. The lowest BCUT2D eigenvalue weighted by atomic mass is 9.88. The van der Waals surface area contributed by atoms with Crippen molar-refractivity contribution in [3.63, 3.8) is 0 Å². The van der Waals surface area contributed by atoms with Gasteiger partial charge in [0.05, 0.1) is 18.0 Å². The van der Waals surface area contributed by atoms with Crippen LogP contribution >= 0.6 is 0 Å². The first-order valence-corrected chi connectivity index (χ1v) is 12.9. The van der Waals surface area contributed by atoms with Crippen molar-refractivity contribution in [3.8, 4) is 0 Å². The van der Waals surface area contributed by atoms with E-state index < -0.39 is 16.1 Å². The van der Waals surface area contributed by atoms with Crippen LogP contribution in [0, 0.1) is 13.8 Å². The van der Waals surface area contributed by atoms with Gasteiger partial charge in [0.15, 0.2) is 0 Å². The Morgan fingerprint density at radius 3 is 2.23 bits per heavy atom. The summed E-state index contributed by atoms with van der Waals surface area (Å²) in [7, 11) is -3.64. The van der Waals surface area contributed by atoms with Crippen molar-refractivity contribution in [3.05, 3.63) is 64.2 Å². The third-order valence-electron chi connectivity index (χ3n) is 6.05. The van der Waals surface area contributed by atoms with Crippen LogP contribution in [0.4, 0.5) is 5.69 Å². The Balaban J connectivity index is 1.85. The summed E-state index contributed by atoms with van der Waals surface area (Å²) < 4.78 is 26.5. The van der Waals surface area contributed by atoms with E-state index in [9.17, 15) is 13.2 Å². The van der Waals surface area contributed by atoms with E-state index in [1.54, 1.807) is 19.1 Å². The zero-order valence-corrected chi connectivity index (χ0v) is 20.1. The third-order valence-corrected chi connectivity index (χ3v) is 7.29. The largest absolute Gasteiger partial charge is 0.347 e. The molecule has 0 aromatic heterocycles. The average Bonchev–Trinajstić information content (AvgIpc) is 2.69. The fraction of sp³-hybridized carbons (Fsp3) is 0.480. The standard InChI is InChI=1S/C25H34N2O3S/c1-6-24(22-12-11-20-9-7-8-10-21(20)16-22)26-25(28)19(4)27(31(5,29)30)23-14-17(2)13-18(3)15-23/h11-16,19,24H,6-10H2,1-5H3,(H,26,28)/t19-,24-/m0/s1. The summed E-state index contributed by atoms with van der Waals surface area (Å²) in [5.74, 6) is -0.297. The second kappa shape index (κ2) is 9.43. The molecule has 1 N–H and O–H groups in total. The summed E-state index contributed by atoms with van der Waals surface area (Å²) in [5, 5.41) is 3.10. The van der Waals surface area contributed by atoms with Crippen molar-refractivity contribution in [2.45, 2.75) is 71.9 Å². The number of carbonyl (C=O) groups excluding carboxylic acids is 1. The van der Waals surface area contributed by atoms with E-state index in [0.29, 0.717) is 5.69 Å². The Labute approximate surface area is 186 Å². The average molecular weight is 443 g/mol. The lowest BCUT2D eigenvalue weighted by Gasteiger charge is -2.30. The minimum Gasteiger partial charge on any atom is -0.347 e. The SMILES string of the molecule is CC[C@H](NC(=O)[C@H](C)N(c1cc(C)cc(C)c1)S(C)(=O)=O)c1ccc2c(c1)CCCC2. The molecule has 2 aromatic carbocycles. The molecular weight excluding hydrogens is 408 g/mol. The predicted octanol–water partition coefficient (Wildman–Crippen LogP) is 4.60. The van der Waals surface area contributed by atoms with E-state index in [4.69, 9.17) is 0 Å². The highest BCUT2D eigenvalue weighted by molar-refractivity contribution is 7.92. The van der Waals surface area contributed by atoms with Crippen molar-refractivity contribution in [2.75, 3.05) is 10.6 Å². The Bertz CT molecular complexity index is 1040. The number of sulfonamides is 1. The van der Waals surface area contributed by atoms with Crippen LogP contribution < -0.4 is 9.62 Å². The molecule has 0 radical (unpaired) electrons. The van der Waals surface area contributed by atoms with Gasteiger partial charge in [0.2, 0.25) is 15.9 Å². The van der Waals surface area contributed by atoms with Crippen molar-refractivity contribution in [1.29, 1.82) is 0 Å². The predicted molar refractivity (Wildman–Crippen MR) is 127 cm³/mol. The maximum absolute atomic E-state index is 13.2. The topological polar surface area (TPSA) is 66.5 Å². The number of hydrogen-bond acceptors (Lipinski definition) is 3. The molecule has 0 saturated heterocycles. The highest BCUT2D eigenvalue weighted by Gasteiger charge is 2.30. The van der Waals surface area contributed by atoms with Crippen LogP contribution in [0.2, 0.25) is 0 Å². The Morgan fingerprint density at radius 2 is 1.65 bits per heavy atom. The molecule has 0 aliphatic heterocycles. The van der Waals surface area contributed by atoms with Gasteiger partial charge in [0.25, 0.3) is 0 Å². The molecule has 168 valence electrons. The Morgan fingerprint density at radius 1 is 1.03 bits per heavy atom. The lowest BCUT2D eigenvalue weighted by molar-refractivity contribution is -0.122. The van der Waals surface area contributed by atoms with Gasteiger partial charge in [-0.05, 0) is 92.8 Å². The normalized spacial score (nSPS) is 15.6. The minimum absolute atomic E-state index is 0.150. The molecule has 3 rings (SSSR count). The van der Waals surface area contributed by atoms with Gasteiger partial charge < -0.3 is 5.32 Å². The van der Waals surface area contributed by atoms with Crippen molar-refractivity contribution in [1.82, 2.24) is 5.32 Å². The minimum atomic E-state index is -3.64. The van der Waals surface area contributed by atoms with E-state index in [0.717, 1.165) is 42.2 Å². The molecule has 0 unspecified atom stereocenters. The van der Waals surface area contributed by atoms with Gasteiger partial charge in [-0.3, -0.25) is 9.10 Å². The quantitative estimate of drug-likeness (QED) is 0.681. The summed E-state index contributed by atoms with van der Waals surface area (Å²) >= 11 is 0. The summed E-state index contributed by atoms with van der Waals surface area (Å²) in [6, 6.07) is 11.1. The van der Waals surface area contributed by atoms with Crippen LogP contribution in [0.15, 0.2) is 36.4 Å². The van der Waals surface area contributed by atoms with E-state index in [-0.39, 0.29) is 11.9 Å². The van der Waals surface area contributed by atoms with Crippen molar-refractivity contribution < 1.29 is 13.2 Å². The number of aryl methyl sites for hydroxylation is 4. The first-order chi connectivity index (χ1) is 14.6. The number of hydrogen-bond donors (Lipinski definition) is 1. The van der Waals surface area contributed by atoms with E-state index in [1.165, 1.54) is 28.3 Å². The van der Waals surface area contributed by atoms with Crippen LogP contribution in [-0.4, -0.2) is 26.6 Å². The van der Waals surface area contributed by atoms with Crippen LogP contribution in [-0.2, 0) is 27.7 Å². The molecule has 1 amide bonds. The first kappa shape index (κ1) is 23.3. The number of rotatable bonds is 7. The number of benzene rings is 2. The number of amides is 1. The van der Waals surface area contributed by atoms with Gasteiger partial charge in [-0.2, -0.15) is 0 Å². The second-order valence-corrected chi connectivity index (χ2v) is 10.6. The van der Waals surface area contributed by atoms with Crippen molar-refractivity contribution in [2.24, 2.45) is 0 Å². The zero-order chi connectivity index (χ0) is 22.8. The van der Waals surface area contributed by atoms with Crippen LogP contribution in [0.1, 0.15) is 67.0 Å². The summed E-state index contributed by atoms with van der Waals surface area (Å²) in [4.78, 5) is 13.2. The summed E-state index contributed by atoms with van der Waals surface area (Å²) in [5.41, 5.74) is 6.29. The highest BCUT2D eigenvalue weighted by atomic mass is 32.2. The fourth-order valence-corrected chi connectivity index (χ4v) is 5.73. The van der Waals surface area contributed by atoms with E-state index >= 15 is 0 Å². The maximum atomic E-state index is 13.2. The molecule has 0 spiro atoms. The third kappa shape index (κ3) is 5.48. The fourth-order valence-electron chi connectivity index (χ4n) is 4.57. The maximum Gasteiger partial charge on any atom is 0.244 e. The molecule has 2 atom stereocenters. The molecule has 5 nitrogen and oxygen atoms in total. The first-order valence-electron chi connectivity index (χ1n) is 11.1. The Hall–Kier alpha value is -2.34. The Kier molecular flexibility index (Phi) is 7.10. The molecule has 0 heterocycles. The van der Waals surface area contributed by atoms with E-state index in [2.05, 4.69) is 23.5 Å². The second-order valence-electron chi connectivity index (χ2n) is 8.79. The van der Waals surface area contributed by atoms with Crippen LogP contribution in [0.3, 0.4) is 0 Å². The molecule has 31 heavy (non-hydrogen) atoms. The molecule has 1 aliphatic rings. The van der Waals surface area contributed by atoms with Gasteiger partial charge in [-0.15, -0.1) is 0 Å². The molecule has 0 bridgehead atoms. The highest BCUT2D eigenvalue weighted by Crippen LogP contribution is 2.27. The molecule has 6 heteroatoms. The van der Waals surface area contributed by atoms with Gasteiger partial charge in [0, 0.05) is 0 Å². The monoisotopic (exact) mass is 442 g/mol. The summed E-state index contributed by atoms with van der Waals surface area (Å²) in [6.07, 6.45) is 6.52. The molecule has 1 aliphatic carbocycles. The van der Waals surface area contributed by atoms with Crippen LogP contribution in [0.25, 0.3) is 0 Å². The van der Waals surface area contributed by atoms with Gasteiger partial charge in [-0.25, -0.2) is 8.42 Å². The number of carbonyl (C=O) groups is 1. The van der Waals surface area contributed by atoms with Gasteiger partial charge in [-0.1, -0.05) is 31.2 Å². The molecular formula is C25H34N2O3S. The number of anilines is 1. The van der Waals surface area contributed by atoms with Crippen molar-refractivity contribution >= 4 is 21.6 Å². The summed E-state index contributed by atoms with van der Waals surface area (Å²) in [6.45, 7) is 7.52. The number of nitrogens with one attached hydrogen (secondary N) is 1. The van der Waals surface area contributed by atoms with Gasteiger partial charge >= 0.3 is 0 Å². The van der Waals surface area contributed by atoms with Gasteiger partial charge in [0.1, 0.15) is 6.04 Å². The molecule has 0 fully saturated rings. The van der Waals surface area contributed by atoms with Crippen LogP contribution in [0.5, 0.6) is 0 Å². The lowest BCUT2D eigenvalue weighted by Crippen LogP contribution is -2.48. The van der Waals surface area contributed by atoms with E-state index in [1.807, 2.05) is 26.8 Å². The number of nitrogens with zero attached hydrogens (tertiary/aromatic N) is 1. The molecule has 0 saturated carbocycles.